The molecule has 1 nitrogen and oxygen atoms in total. The van der Waals surface area contributed by atoms with Crippen LogP contribution in [0.25, 0.3) is 0 Å². The molecule has 33 heavy (non-hydrogen) atoms. The van der Waals surface area contributed by atoms with Gasteiger partial charge in [0.15, 0.2) is 0 Å². The molecule has 4 unspecified atom stereocenters. The molecular formula is C32H53N. The first-order chi connectivity index (χ1) is 16.0. The normalized spacial score (nSPS) is 31.8. The Hall–Kier alpha value is -1.24. The van der Waals surface area contributed by atoms with Crippen molar-refractivity contribution in [2.24, 2.45) is 17.3 Å². The smallest absolute Gasteiger partial charge is 0.0286 e. The minimum absolute atomic E-state index is 0.294. The topological polar surface area (TPSA) is 3.24 Å². The molecule has 0 spiro atoms. The second kappa shape index (κ2) is 13.0. The maximum atomic E-state index is 4.43. The molecule has 0 N–H and O–H groups in total. The second-order valence-electron chi connectivity index (χ2n) is 11.7. The zero-order chi connectivity index (χ0) is 23.7. The lowest BCUT2D eigenvalue weighted by Crippen LogP contribution is -2.37. The van der Waals surface area contributed by atoms with Crippen LogP contribution in [0.5, 0.6) is 0 Å². The molecule has 1 aliphatic heterocycles. The number of rotatable bonds is 9. The van der Waals surface area contributed by atoms with Crippen molar-refractivity contribution in [2.75, 3.05) is 6.54 Å². The molecule has 186 valence electrons. The van der Waals surface area contributed by atoms with Crippen molar-refractivity contribution < 1.29 is 0 Å². The molecule has 1 heterocycles. The number of hydrogen-bond acceptors (Lipinski definition) is 1. The quantitative estimate of drug-likeness (QED) is 0.315. The Balaban J connectivity index is 1.55. The Morgan fingerprint density at radius 1 is 1.09 bits per heavy atom. The highest BCUT2D eigenvalue weighted by Crippen LogP contribution is 2.47. The van der Waals surface area contributed by atoms with Gasteiger partial charge in [0.2, 0.25) is 0 Å². The molecule has 0 aromatic heterocycles. The van der Waals surface area contributed by atoms with Crippen molar-refractivity contribution in [3.05, 3.63) is 48.2 Å². The lowest BCUT2D eigenvalue weighted by atomic mass is 9.66. The van der Waals surface area contributed by atoms with Crippen molar-refractivity contribution in [1.29, 1.82) is 0 Å². The number of piperidine rings is 1. The molecule has 0 aromatic rings. The lowest BCUT2D eigenvalue weighted by Gasteiger charge is -2.40. The molecule has 0 amide bonds. The van der Waals surface area contributed by atoms with Gasteiger partial charge in [0, 0.05) is 23.7 Å². The minimum Gasteiger partial charge on any atom is -0.372 e. The fraction of sp³-hybridized carbons (Fsp3) is 0.750. The van der Waals surface area contributed by atoms with Gasteiger partial charge in [-0.25, -0.2) is 0 Å². The van der Waals surface area contributed by atoms with Gasteiger partial charge in [-0.05, 0) is 95.8 Å². The molecule has 0 bridgehead atoms. The van der Waals surface area contributed by atoms with E-state index in [1.54, 1.807) is 5.57 Å². The number of nitrogens with zero attached hydrogens (tertiary/aromatic N) is 1. The highest BCUT2D eigenvalue weighted by Gasteiger charge is 2.33. The van der Waals surface area contributed by atoms with E-state index in [4.69, 9.17) is 0 Å². The molecule has 3 aliphatic rings. The maximum absolute atomic E-state index is 4.43. The van der Waals surface area contributed by atoms with E-state index in [-0.39, 0.29) is 0 Å². The van der Waals surface area contributed by atoms with E-state index in [0.717, 1.165) is 24.3 Å². The Labute approximate surface area is 206 Å². The van der Waals surface area contributed by atoms with Crippen molar-refractivity contribution >= 4 is 0 Å². The van der Waals surface area contributed by atoms with Gasteiger partial charge in [0.1, 0.15) is 0 Å². The average molecular weight is 452 g/mol. The van der Waals surface area contributed by atoms with Crippen LogP contribution in [0.2, 0.25) is 0 Å². The van der Waals surface area contributed by atoms with E-state index in [1.807, 2.05) is 0 Å². The van der Waals surface area contributed by atoms with Crippen LogP contribution in [0.4, 0.5) is 0 Å². The fourth-order valence-corrected chi connectivity index (χ4v) is 6.96. The lowest BCUT2D eigenvalue weighted by molar-refractivity contribution is 0.171. The van der Waals surface area contributed by atoms with Gasteiger partial charge in [0.25, 0.3) is 0 Å². The Bertz CT molecular complexity index is 697. The summed E-state index contributed by atoms with van der Waals surface area (Å²) in [5, 5.41) is 0. The van der Waals surface area contributed by atoms with Gasteiger partial charge in [-0.1, -0.05) is 82.1 Å². The summed E-state index contributed by atoms with van der Waals surface area (Å²) in [5.41, 5.74) is 4.83. The molecule has 0 radical (unpaired) electrons. The number of allylic oxidation sites excluding steroid dienone is 6. The molecule has 3 rings (SSSR count). The largest absolute Gasteiger partial charge is 0.372 e. The molecular weight excluding hydrogens is 398 g/mol. The van der Waals surface area contributed by atoms with Crippen LogP contribution in [0.1, 0.15) is 124 Å². The number of hydrogen-bond donors (Lipinski definition) is 0. The Kier molecular flexibility index (Phi) is 10.4. The van der Waals surface area contributed by atoms with Gasteiger partial charge in [0.05, 0.1) is 0 Å². The summed E-state index contributed by atoms with van der Waals surface area (Å²) in [6.07, 6.45) is 28.8. The van der Waals surface area contributed by atoms with E-state index in [0.29, 0.717) is 5.41 Å². The van der Waals surface area contributed by atoms with Crippen molar-refractivity contribution in [3.63, 3.8) is 0 Å². The Morgan fingerprint density at radius 2 is 1.82 bits per heavy atom. The SMILES string of the molecule is C=C1CCCCN1C1CCCCC(C/C=C\C)C(CCCC2=CC(C)(C(=C)CC)C2)CCC1. The average Bonchev–Trinajstić information content (AvgIpc) is 2.80. The van der Waals surface area contributed by atoms with E-state index < -0.39 is 0 Å². The van der Waals surface area contributed by atoms with Crippen molar-refractivity contribution in [3.8, 4) is 0 Å². The zero-order valence-corrected chi connectivity index (χ0v) is 22.3. The van der Waals surface area contributed by atoms with Crippen LogP contribution in [0.3, 0.4) is 0 Å². The van der Waals surface area contributed by atoms with Crippen LogP contribution in [-0.2, 0) is 0 Å². The molecule has 2 fully saturated rings. The van der Waals surface area contributed by atoms with E-state index >= 15 is 0 Å². The summed E-state index contributed by atoms with van der Waals surface area (Å²) in [4.78, 5) is 2.71. The predicted octanol–water partition coefficient (Wildman–Crippen LogP) is 9.77. The third-order valence-electron chi connectivity index (χ3n) is 9.20. The van der Waals surface area contributed by atoms with Gasteiger partial charge in [-0.2, -0.15) is 0 Å². The van der Waals surface area contributed by atoms with Gasteiger partial charge in [-0.3, -0.25) is 0 Å². The van der Waals surface area contributed by atoms with E-state index in [9.17, 15) is 0 Å². The monoisotopic (exact) mass is 451 g/mol. The molecule has 1 saturated heterocycles. The summed E-state index contributed by atoms with van der Waals surface area (Å²) in [5.74, 6) is 1.80. The first-order valence-corrected chi connectivity index (χ1v) is 14.4. The van der Waals surface area contributed by atoms with Crippen molar-refractivity contribution in [1.82, 2.24) is 4.90 Å². The maximum Gasteiger partial charge on any atom is 0.0286 e. The van der Waals surface area contributed by atoms with Crippen LogP contribution in [-0.4, -0.2) is 17.5 Å². The molecule has 1 saturated carbocycles. The molecule has 4 atom stereocenters. The predicted molar refractivity (Wildman–Crippen MR) is 146 cm³/mol. The summed E-state index contributed by atoms with van der Waals surface area (Å²) >= 11 is 0. The van der Waals surface area contributed by atoms with Crippen molar-refractivity contribution in [2.45, 2.75) is 130 Å². The first-order valence-electron chi connectivity index (χ1n) is 14.4. The van der Waals surface area contributed by atoms with E-state index in [2.05, 4.69) is 57.1 Å². The summed E-state index contributed by atoms with van der Waals surface area (Å²) in [6.45, 7) is 16.8. The summed E-state index contributed by atoms with van der Waals surface area (Å²) < 4.78 is 0. The van der Waals surface area contributed by atoms with Gasteiger partial charge >= 0.3 is 0 Å². The first kappa shape index (κ1) is 26.4. The summed E-state index contributed by atoms with van der Waals surface area (Å²) in [7, 11) is 0. The zero-order valence-electron chi connectivity index (χ0n) is 22.3. The fourth-order valence-electron chi connectivity index (χ4n) is 6.96. The highest BCUT2D eigenvalue weighted by molar-refractivity contribution is 5.33. The van der Waals surface area contributed by atoms with Crippen LogP contribution in [0, 0.1) is 17.3 Å². The standard InChI is InChI=1S/C32H53N/c1-6-8-17-29-18-9-10-21-31(33-23-12-11-15-27(33)4)22-14-20-30(29)19-13-16-28-24-32(5,25-28)26(3)7-2/h6,8,24,29-31H,3-4,7,9-23,25H2,1-2,5H3/b8-6-. The highest BCUT2D eigenvalue weighted by atomic mass is 15.2. The van der Waals surface area contributed by atoms with Crippen LogP contribution < -0.4 is 0 Å². The molecule has 2 aliphatic carbocycles. The van der Waals surface area contributed by atoms with E-state index in [1.165, 1.54) is 114 Å². The molecule has 0 aromatic carbocycles. The van der Waals surface area contributed by atoms with Crippen LogP contribution >= 0.6 is 0 Å². The second-order valence-corrected chi connectivity index (χ2v) is 11.7. The number of likely N-dealkylation sites (tertiary alicyclic amines) is 1. The summed E-state index contributed by atoms with van der Waals surface area (Å²) in [6, 6.07) is 0.759. The van der Waals surface area contributed by atoms with Gasteiger partial charge in [-0.15, -0.1) is 0 Å². The Morgan fingerprint density at radius 3 is 2.55 bits per heavy atom. The third kappa shape index (κ3) is 7.37. The van der Waals surface area contributed by atoms with Crippen LogP contribution in [0.15, 0.2) is 48.2 Å². The third-order valence-corrected chi connectivity index (χ3v) is 9.20. The minimum atomic E-state index is 0.294. The molecule has 1 heteroatoms. The van der Waals surface area contributed by atoms with Gasteiger partial charge < -0.3 is 4.90 Å².